The predicted molar refractivity (Wildman–Crippen MR) is 81.2 cm³/mol. The molecule has 2 aliphatic heterocycles. The van der Waals surface area contributed by atoms with Gasteiger partial charge in [-0.25, -0.2) is 0 Å². The zero-order valence-corrected chi connectivity index (χ0v) is 12.7. The van der Waals surface area contributed by atoms with Gasteiger partial charge in [0.2, 0.25) is 0 Å². The summed E-state index contributed by atoms with van der Waals surface area (Å²) in [5.41, 5.74) is 1.98. The van der Waals surface area contributed by atoms with E-state index in [1.165, 1.54) is 48.6 Å². The average molecular weight is 277 g/mol. The molecule has 1 aromatic carbocycles. The highest BCUT2D eigenvalue weighted by Crippen LogP contribution is 2.42. The van der Waals surface area contributed by atoms with Crippen molar-refractivity contribution in [3.05, 3.63) is 23.8 Å². The molecule has 2 nitrogen and oxygen atoms in total. The van der Waals surface area contributed by atoms with Gasteiger partial charge in [0.05, 0.1) is 6.10 Å². The number of nitrogens with one attached hydrogen (secondary N) is 1. The minimum atomic E-state index is 0.249. The molecule has 0 bridgehead atoms. The van der Waals surface area contributed by atoms with Crippen LogP contribution in [-0.2, 0) is 6.42 Å². The van der Waals surface area contributed by atoms with Gasteiger partial charge in [0.25, 0.3) is 0 Å². The summed E-state index contributed by atoms with van der Waals surface area (Å²) in [6.45, 7) is 6.54. The van der Waals surface area contributed by atoms with Crippen molar-refractivity contribution in [2.75, 3.05) is 18.8 Å². The molecule has 3 rings (SSSR count). The van der Waals surface area contributed by atoms with Crippen LogP contribution in [0.1, 0.15) is 32.3 Å². The molecule has 0 aliphatic carbocycles. The maximum absolute atomic E-state index is 5.85. The predicted octanol–water partition coefficient (Wildman–Crippen LogP) is 3.49. The van der Waals surface area contributed by atoms with Crippen molar-refractivity contribution in [3.8, 4) is 5.75 Å². The number of hydrogen-bond acceptors (Lipinski definition) is 3. The second kappa shape index (κ2) is 5.37. The van der Waals surface area contributed by atoms with Crippen LogP contribution < -0.4 is 10.1 Å². The Hall–Kier alpha value is -0.670. The summed E-state index contributed by atoms with van der Waals surface area (Å²) < 4.78 is 5.85. The number of rotatable bonds is 2. The molecule has 2 aliphatic rings. The highest BCUT2D eigenvalue weighted by Gasteiger charge is 2.35. The Labute approximate surface area is 120 Å². The number of fused-ring (bicyclic) bond motifs is 1. The van der Waals surface area contributed by atoms with Crippen molar-refractivity contribution in [2.45, 2.75) is 44.1 Å². The second-order valence-electron chi connectivity index (χ2n) is 6.14. The highest BCUT2D eigenvalue weighted by atomic mass is 32.2. The molecular weight excluding hydrogens is 254 g/mol. The standard InChI is InChI=1S/C16H23NOS/c1-12(2)18-14-3-4-15-13(9-14)10-16(6-8-19-15)5-7-17-11-16/h3-4,9,12,17H,5-8,10-11H2,1-2H3. The molecule has 0 amide bonds. The molecule has 1 fully saturated rings. The van der Waals surface area contributed by atoms with Gasteiger partial charge >= 0.3 is 0 Å². The van der Waals surface area contributed by atoms with Gasteiger partial charge in [-0.2, -0.15) is 0 Å². The van der Waals surface area contributed by atoms with Crippen LogP contribution in [0.4, 0.5) is 0 Å². The third kappa shape index (κ3) is 2.92. The molecule has 1 saturated heterocycles. The second-order valence-corrected chi connectivity index (χ2v) is 7.27. The first-order chi connectivity index (χ1) is 9.17. The van der Waals surface area contributed by atoms with Crippen molar-refractivity contribution in [2.24, 2.45) is 5.41 Å². The van der Waals surface area contributed by atoms with Gasteiger partial charge in [-0.3, -0.25) is 0 Å². The fourth-order valence-electron chi connectivity index (χ4n) is 3.21. The Morgan fingerprint density at radius 1 is 1.32 bits per heavy atom. The molecule has 0 saturated carbocycles. The Morgan fingerprint density at radius 3 is 2.95 bits per heavy atom. The minimum Gasteiger partial charge on any atom is -0.491 e. The summed E-state index contributed by atoms with van der Waals surface area (Å²) >= 11 is 2.01. The fraction of sp³-hybridized carbons (Fsp3) is 0.625. The van der Waals surface area contributed by atoms with E-state index >= 15 is 0 Å². The smallest absolute Gasteiger partial charge is 0.120 e. The van der Waals surface area contributed by atoms with Crippen LogP contribution in [0.5, 0.6) is 5.75 Å². The van der Waals surface area contributed by atoms with Gasteiger partial charge in [0.15, 0.2) is 0 Å². The molecule has 2 heterocycles. The van der Waals surface area contributed by atoms with Gasteiger partial charge in [-0.15, -0.1) is 11.8 Å². The third-order valence-electron chi connectivity index (χ3n) is 4.19. The third-order valence-corrected chi connectivity index (χ3v) is 5.31. The van der Waals surface area contributed by atoms with Crippen LogP contribution in [0, 0.1) is 5.41 Å². The largest absolute Gasteiger partial charge is 0.491 e. The number of hydrogen-bond donors (Lipinski definition) is 1. The molecule has 1 aromatic rings. The molecule has 3 heteroatoms. The van der Waals surface area contributed by atoms with Crippen molar-refractivity contribution >= 4 is 11.8 Å². The lowest BCUT2D eigenvalue weighted by atomic mass is 9.78. The number of ether oxygens (including phenoxy) is 1. The van der Waals surface area contributed by atoms with Gasteiger partial charge in [0, 0.05) is 11.4 Å². The first-order valence-electron chi connectivity index (χ1n) is 7.30. The van der Waals surface area contributed by atoms with Gasteiger partial charge in [-0.05, 0) is 74.6 Å². The monoisotopic (exact) mass is 277 g/mol. The molecular formula is C16H23NOS. The van der Waals surface area contributed by atoms with E-state index in [9.17, 15) is 0 Å². The van der Waals surface area contributed by atoms with E-state index in [-0.39, 0.29) is 6.10 Å². The van der Waals surface area contributed by atoms with Crippen LogP contribution in [-0.4, -0.2) is 24.9 Å². The molecule has 1 N–H and O–H groups in total. The van der Waals surface area contributed by atoms with Crippen LogP contribution in [0.3, 0.4) is 0 Å². The van der Waals surface area contributed by atoms with Crippen molar-refractivity contribution < 1.29 is 4.74 Å². The lowest BCUT2D eigenvalue weighted by Gasteiger charge is -2.26. The first-order valence-corrected chi connectivity index (χ1v) is 8.29. The first kappa shape index (κ1) is 13.3. The summed E-state index contributed by atoms with van der Waals surface area (Å²) in [4.78, 5) is 1.46. The lowest BCUT2D eigenvalue weighted by Crippen LogP contribution is -2.26. The van der Waals surface area contributed by atoms with Crippen LogP contribution in [0.25, 0.3) is 0 Å². The van der Waals surface area contributed by atoms with Crippen molar-refractivity contribution in [3.63, 3.8) is 0 Å². The van der Waals surface area contributed by atoms with E-state index in [0.717, 1.165) is 5.75 Å². The van der Waals surface area contributed by atoms with Crippen LogP contribution in [0.15, 0.2) is 23.1 Å². The number of thioether (sulfide) groups is 1. The topological polar surface area (TPSA) is 21.3 Å². The number of benzene rings is 1. The zero-order chi connectivity index (χ0) is 13.3. The van der Waals surface area contributed by atoms with E-state index in [4.69, 9.17) is 4.74 Å². The molecule has 0 radical (unpaired) electrons. The van der Waals surface area contributed by atoms with Crippen LogP contribution >= 0.6 is 11.8 Å². The Balaban J connectivity index is 1.87. The lowest BCUT2D eigenvalue weighted by molar-refractivity contribution is 0.241. The zero-order valence-electron chi connectivity index (χ0n) is 11.9. The maximum atomic E-state index is 5.85. The van der Waals surface area contributed by atoms with E-state index in [0.29, 0.717) is 5.41 Å². The van der Waals surface area contributed by atoms with E-state index in [1.54, 1.807) is 0 Å². The SMILES string of the molecule is CC(C)Oc1ccc2c(c1)CC1(CCNC1)CCS2. The molecule has 1 atom stereocenters. The van der Waals surface area contributed by atoms with Gasteiger partial charge in [-0.1, -0.05) is 0 Å². The summed E-state index contributed by atoms with van der Waals surface area (Å²) in [6.07, 6.45) is 4.11. The Kier molecular flexibility index (Phi) is 3.77. The Morgan fingerprint density at radius 2 is 2.21 bits per heavy atom. The van der Waals surface area contributed by atoms with E-state index in [2.05, 4.69) is 37.4 Å². The summed E-state index contributed by atoms with van der Waals surface area (Å²) in [6, 6.07) is 6.64. The van der Waals surface area contributed by atoms with E-state index < -0.39 is 0 Å². The normalized spacial score (nSPS) is 26.5. The summed E-state index contributed by atoms with van der Waals surface area (Å²) in [5, 5.41) is 3.55. The van der Waals surface area contributed by atoms with Gasteiger partial charge < -0.3 is 10.1 Å². The average Bonchev–Trinajstić information content (AvgIpc) is 2.71. The maximum Gasteiger partial charge on any atom is 0.120 e. The molecule has 0 aromatic heterocycles. The molecule has 1 unspecified atom stereocenters. The van der Waals surface area contributed by atoms with Crippen LogP contribution in [0.2, 0.25) is 0 Å². The van der Waals surface area contributed by atoms with E-state index in [1.807, 2.05) is 11.8 Å². The summed E-state index contributed by atoms with van der Waals surface area (Å²) in [5.74, 6) is 2.27. The highest BCUT2D eigenvalue weighted by molar-refractivity contribution is 7.99. The quantitative estimate of drug-likeness (QED) is 0.894. The van der Waals surface area contributed by atoms with Crippen molar-refractivity contribution in [1.82, 2.24) is 5.32 Å². The molecule has 1 spiro atoms. The molecule has 19 heavy (non-hydrogen) atoms. The Bertz CT molecular complexity index is 452. The summed E-state index contributed by atoms with van der Waals surface area (Å²) in [7, 11) is 0. The molecule has 104 valence electrons. The van der Waals surface area contributed by atoms with Gasteiger partial charge in [0.1, 0.15) is 5.75 Å². The fourth-order valence-corrected chi connectivity index (χ4v) is 4.45. The van der Waals surface area contributed by atoms with Crippen molar-refractivity contribution in [1.29, 1.82) is 0 Å². The minimum absolute atomic E-state index is 0.249.